The summed E-state index contributed by atoms with van der Waals surface area (Å²) in [5, 5.41) is 3.08. The van der Waals surface area contributed by atoms with Gasteiger partial charge in [-0.2, -0.15) is 0 Å². The van der Waals surface area contributed by atoms with Gasteiger partial charge in [-0.15, -0.1) is 0 Å². The fraction of sp³-hybridized carbons (Fsp3) is 0.480. The molecule has 2 heterocycles. The van der Waals surface area contributed by atoms with Gasteiger partial charge in [0.15, 0.2) is 0 Å². The lowest BCUT2D eigenvalue weighted by molar-refractivity contribution is -0.159. The molecule has 0 aliphatic carbocycles. The molecular formula is C25H32N2O3. The molecule has 2 aromatic rings. The normalized spacial score (nSPS) is 24.3. The van der Waals surface area contributed by atoms with Crippen LogP contribution in [-0.4, -0.2) is 48.8 Å². The van der Waals surface area contributed by atoms with E-state index in [4.69, 9.17) is 9.47 Å². The van der Waals surface area contributed by atoms with Crippen molar-refractivity contribution in [3.8, 4) is 0 Å². The molecule has 5 nitrogen and oxygen atoms in total. The number of rotatable bonds is 6. The predicted octanol–water partition coefficient (Wildman–Crippen LogP) is 4.08. The van der Waals surface area contributed by atoms with Gasteiger partial charge >= 0.3 is 0 Å². The molecule has 2 fully saturated rings. The SMILES string of the molecule is Cc1ccc(C)c(NC(=O)CN2CC[C@@]3(CCCO3)[C@H](OCc3ccccc3)C2)c1. The number of nitrogens with one attached hydrogen (secondary N) is 1. The standard InChI is InChI=1S/C25H32N2O3/c1-19-9-10-20(2)22(15-19)26-24(28)17-27-13-12-25(11-6-14-30-25)23(16-27)29-18-21-7-4-3-5-8-21/h3-5,7-10,15,23H,6,11-14,16-18H2,1-2H3,(H,26,28)/t23-,25+/m1/s1. The number of piperidine rings is 1. The van der Waals surface area contributed by atoms with Crippen molar-refractivity contribution in [3.63, 3.8) is 0 Å². The number of benzene rings is 2. The molecule has 4 rings (SSSR count). The van der Waals surface area contributed by atoms with Gasteiger partial charge in [0.05, 0.1) is 24.9 Å². The van der Waals surface area contributed by atoms with Gasteiger partial charge in [0.1, 0.15) is 0 Å². The zero-order valence-corrected chi connectivity index (χ0v) is 18.0. The van der Waals surface area contributed by atoms with Crippen LogP contribution in [0.25, 0.3) is 0 Å². The van der Waals surface area contributed by atoms with E-state index < -0.39 is 0 Å². The molecule has 1 N–H and O–H groups in total. The van der Waals surface area contributed by atoms with E-state index in [0.29, 0.717) is 19.7 Å². The summed E-state index contributed by atoms with van der Waals surface area (Å²) in [7, 11) is 0. The van der Waals surface area contributed by atoms with E-state index in [9.17, 15) is 4.79 Å². The minimum absolute atomic E-state index is 0.0220. The number of likely N-dealkylation sites (tertiary alicyclic amines) is 1. The Morgan fingerprint density at radius 3 is 2.80 bits per heavy atom. The van der Waals surface area contributed by atoms with Crippen molar-refractivity contribution < 1.29 is 14.3 Å². The molecule has 0 bridgehead atoms. The van der Waals surface area contributed by atoms with E-state index in [1.54, 1.807) is 0 Å². The van der Waals surface area contributed by atoms with E-state index in [1.165, 1.54) is 0 Å². The van der Waals surface area contributed by atoms with Gasteiger partial charge in [0.25, 0.3) is 0 Å². The number of carbonyl (C=O) groups is 1. The number of hydrogen-bond acceptors (Lipinski definition) is 4. The minimum Gasteiger partial charge on any atom is -0.372 e. The van der Waals surface area contributed by atoms with E-state index >= 15 is 0 Å². The van der Waals surface area contributed by atoms with Crippen LogP contribution < -0.4 is 5.32 Å². The van der Waals surface area contributed by atoms with E-state index in [-0.39, 0.29) is 17.6 Å². The molecule has 2 aromatic carbocycles. The smallest absolute Gasteiger partial charge is 0.238 e. The Bertz CT molecular complexity index is 862. The van der Waals surface area contributed by atoms with Gasteiger partial charge < -0.3 is 14.8 Å². The topological polar surface area (TPSA) is 50.8 Å². The Morgan fingerprint density at radius 2 is 2.03 bits per heavy atom. The Hall–Kier alpha value is -2.21. The molecule has 2 aliphatic rings. The maximum Gasteiger partial charge on any atom is 0.238 e. The molecule has 160 valence electrons. The van der Waals surface area contributed by atoms with Crippen LogP contribution in [0.5, 0.6) is 0 Å². The third kappa shape index (κ3) is 4.91. The van der Waals surface area contributed by atoms with E-state index in [2.05, 4.69) is 28.4 Å². The molecule has 0 radical (unpaired) electrons. The first-order valence-corrected chi connectivity index (χ1v) is 10.9. The first-order chi connectivity index (χ1) is 14.5. The van der Waals surface area contributed by atoms with Crippen molar-refractivity contribution >= 4 is 11.6 Å². The number of amides is 1. The van der Waals surface area contributed by atoms with Gasteiger partial charge in [-0.05, 0) is 55.9 Å². The second-order valence-electron chi connectivity index (χ2n) is 8.65. The highest BCUT2D eigenvalue weighted by Crippen LogP contribution is 2.38. The average molecular weight is 409 g/mol. The lowest BCUT2D eigenvalue weighted by atomic mass is 9.85. The molecule has 0 unspecified atom stereocenters. The summed E-state index contributed by atoms with van der Waals surface area (Å²) in [6.07, 6.45) is 3.00. The highest BCUT2D eigenvalue weighted by molar-refractivity contribution is 5.93. The molecule has 2 atom stereocenters. The minimum atomic E-state index is -0.200. The van der Waals surface area contributed by atoms with Crippen LogP contribution in [-0.2, 0) is 20.9 Å². The largest absolute Gasteiger partial charge is 0.372 e. The Balaban J connectivity index is 1.38. The molecule has 5 heteroatoms. The molecule has 0 saturated carbocycles. The lowest BCUT2D eigenvalue weighted by Crippen LogP contribution is -2.57. The molecule has 0 aromatic heterocycles. The lowest BCUT2D eigenvalue weighted by Gasteiger charge is -2.44. The molecule has 2 aliphatic heterocycles. The summed E-state index contributed by atoms with van der Waals surface area (Å²) < 4.78 is 12.6. The molecule has 2 saturated heterocycles. The Morgan fingerprint density at radius 1 is 1.20 bits per heavy atom. The summed E-state index contributed by atoms with van der Waals surface area (Å²) in [4.78, 5) is 14.9. The van der Waals surface area contributed by atoms with Crippen molar-refractivity contribution in [2.75, 3.05) is 31.6 Å². The van der Waals surface area contributed by atoms with Crippen LogP contribution in [0.3, 0.4) is 0 Å². The van der Waals surface area contributed by atoms with Crippen LogP contribution >= 0.6 is 0 Å². The van der Waals surface area contributed by atoms with Crippen LogP contribution in [0, 0.1) is 13.8 Å². The highest BCUT2D eigenvalue weighted by atomic mass is 16.6. The Labute approximate surface area is 179 Å². The second-order valence-corrected chi connectivity index (χ2v) is 8.65. The van der Waals surface area contributed by atoms with E-state index in [1.807, 2.05) is 44.2 Å². The van der Waals surface area contributed by atoms with Gasteiger partial charge in [-0.3, -0.25) is 9.69 Å². The first kappa shape index (κ1) is 21.0. The zero-order chi connectivity index (χ0) is 21.0. The predicted molar refractivity (Wildman–Crippen MR) is 119 cm³/mol. The fourth-order valence-corrected chi connectivity index (χ4v) is 4.55. The first-order valence-electron chi connectivity index (χ1n) is 10.9. The summed E-state index contributed by atoms with van der Waals surface area (Å²) in [6.45, 7) is 7.37. The second kappa shape index (κ2) is 9.29. The molecule has 1 amide bonds. The number of ether oxygens (including phenoxy) is 2. The van der Waals surface area contributed by atoms with Gasteiger partial charge in [0, 0.05) is 25.4 Å². The highest BCUT2D eigenvalue weighted by Gasteiger charge is 2.47. The maximum atomic E-state index is 12.7. The Kier molecular flexibility index (Phi) is 6.52. The van der Waals surface area contributed by atoms with Crippen LogP contribution in [0.2, 0.25) is 0 Å². The van der Waals surface area contributed by atoms with Crippen molar-refractivity contribution in [2.45, 2.75) is 51.4 Å². The summed E-state index contributed by atoms with van der Waals surface area (Å²) >= 11 is 0. The van der Waals surface area contributed by atoms with Gasteiger partial charge in [0.2, 0.25) is 5.91 Å². The third-order valence-corrected chi connectivity index (χ3v) is 6.32. The molecule has 30 heavy (non-hydrogen) atoms. The summed E-state index contributed by atoms with van der Waals surface area (Å²) in [6, 6.07) is 16.4. The number of aryl methyl sites for hydroxylation is 2. The van der Waals surface area contributed by atoms with Crippen molar-refractivity contribution in [2.24, 2.45) is 0 Å². The number of hydrogen-bond donors (Lipinski definition) is 1. The van der Waals surface area contributed by atoms with Gasteiger partial charge in [-0.25, -0.2) is 0 Å². The molecular weight excluding hydrogens is 376 g/mol. The average Bonchev–Trinajstić information content (AvgIpc) is 3.21. The fourth-order valence-electron chi connectivity index (χ4n) is 4.55. The van der Waals surface area contributed by atoms with Crippen LogP contribution in [0.1, 0.15) is 36.0 Å². The molecule has 1 spiro atoms. The van der Waals surface area contributed by atoms with Gasteiger partial charge in [-0.1, -0.05) is 42.5 Å². The monoisotopic (exact) mass is 408 g/mol. The van der Waals surface area contributed by atoms with Crippen LogP contribution in [0.15, 0.2) is 48.5 Å². The number of carbonyl (C=O) groups excluding carboxylic acids is 1. The number of nitrogens with zero attached hydrogens (tertiary/aromatic N) is 1. The quantitative estimate of drug-likeness (QED) is 0.782. The zero-order valence-electron chi connectivity index (χ0n) is 18.0. The summed E-state index contributed by atoms with van der Waals surface area (Å²) in [5.41, 5.74) is 4.08. The maximum absolute atomic E-state index is 12.7. The number of anilines is 1. The third-order valence-electron chi connectivity index (χ3n) is 6.32. The van der Waals surface area contributed by atoms with Crippen molar-refractivity contribution in [1.82, 2.24) is 4.90 Å². The van der Waals surface area contributed by atoms with Crippen molar-refractivity contribution in [3.05, 3.63) is 65.2 Å². The van der Waals surface area contributed by atoms with E-state index in [0.717, 1.165) is 54.8 Å². The summed E-state index contributed by atoms with van der Waals surface area (Å²) in [5.74, 6) is 0.0220. The van der Waals surface area contributed by atoms with Crippen molar-refractivity contribution in [1.29, 1.82) is 0 Å². The van der Waals surface area contributed by atoms with Crippen LogP contribution in [0.4, 0.5) is 5.69 Å².